The summed E-state index contributed by atoms with van der Waals surface area (Å²) >= 11 is 0. The molecule has 0 radical (unpaired) electrons. The zero-order valence-corrected chi connectivity index (χ0v) is 14.2. The number of H-pyrrole nitrogens is 1. The number of amides is 1. The van der Waals surface area contributed by atoms with Gasteiger partial charge in [0.05, 0.1) is 23.5 Å². The van der Waals surface area contributed by atoms with E-state index in [2.05, 4.69) is 22.2 Å². The van der Waals surface area contributed by atoms with Crippen LogP contribution >= 0.6 is 0 Å². The maximum atomic E-state index is 12.7. The Hall–Kier alpha value is -2.11. The zero-order valence-electron chi connectivity index (χ0n) is 14.2. The molecular formula is C17H25N5O. The van der Waals surface area contributed by atoms with E-state index in [4.69, 9.17) is 0 Å². The fraction of sp³-hybridized carbons (Fsp3) is 0.588. The predicted molar refractivity (Wildman–Crippen MR) is 88.3 cm³/mol. The average molecular weight is 315 g/mol. The van der Waals surface area contributed by atoms with Gasteiger partial charge in [0.2, 0.25) is 0 Å². The van der Waals surface area contributed by atoms with Gasteiger partial charge in [0, 0.05) is 25.5 Å². The van der Waals surface area contributed by atoms with Crippen LogP contribution in [0.15, 0.2) is 6.20 Å². The Labute approximate surface area is 136 Å². The molecule has 1 aliphatic rings. The number of aromatic nitrogens is 4. The smallest absolute Gasteiger partial charge is 0.257 e. The normalized spacial score (nSPS) is 13.9. The summed E-state index contributed by atoms with van der Waals surface area (Å²) in [5.74, 6) is 0.0115. The third-order valence-corrected chi connectivity index (χ3v) is 4.51. The second-order valence-corrected chi connectivity index (χ2v) is 6.39. The molecule has 0 aromatic carbocycles. The number of fused-ring (bicyclic) bond motifs is 1. The maximum Gasteiger partial charge on any atom is 0.257 e. The maximum absolute atomic E-state index is 12.7. The second kappa shape index (κ2) is 6.56. The number of hydrogen-bond donors (Lipinski definition) is 1. The summed E-state index contributed by atoms with van der Waals surface area (Å²) in [6.45, 7) is 5.38. The van der Waals surface area contributed by atoms with Crippen molar-refractivity contribution in [2.24, 2.45) is 0 Å². The molecule has 0 aliphatic heterocycles. The molecule has 0 fully saturated rings. The molecule has 0 bridgehead atoms. The average Bonchev–Trinajstić information content (AvgIpc) is 3.11. The van der Waals surface area contributed by atoms with Crippen LogP contribution in [0.3, 0.4) is 0 Å². The highest BCUT2D eigenvalue weighted by atomic mass is 16.2. The van der Waals surface area contributed by atoms with Crippen LogP contribution in [0.2, 0.25) is 0 Å². The van der Waals surface area contributed by atoms with E-state index in [0.717, 1.165) is 37.2 Å². The number of aryl methyl sites for hydroxylation is 3. The Balaban J connectivity index is 1.74. The lowest BCUT2D eigenvalue weighted by atomic mass is 9.96. The molecule has 2 aromatic heterocycles. The van der Waals surface area contributed by atoms with Crippen LogP contribution in [0.25, 0.3) is 0 Å². The first-order chi connectivity index (χ1) is 11.1. The van der Waals surface area contributed by atoms with Gasteiger partial charge in [-0.3, -0.25) is 14.6 Å². The third kappa shape index (κ3) is 3.16. The molecule has 0 saturated heterocycles. The van der Waals surface area contributed by atoms with Gasteiger partial charge in [0.25, 0.3) is 5.91 Å². The molecule has 1 aliphatic carbocycles. The minimum atomic E-state index is 0.0115. The van der Waals surface area contributed by atoms with E-state index in [-0.39, 0.29) is 5.91 Å². The quantitative estimate of drug-likeness (QED) is 0.921. The summed E-state index contributed by atoms with van der Waals surface area (Å²) in [6.07, 6.45) is 7.43. The minimum Gasteiger partial charge on any atom is -0.336 e. The van der Waals surface area contributed by atoms with Crippen molar-refractivity contribution >= 4 is 5.91 Å². The highest BCUT2D eigenvalue weighted by Crippen LogP contribution is 2.23. The van der Waals surface area contributed by atoms with Crippen LogP contribution in [0, 0.1) is 6.92 Å². The Morgan fingerprint density at radius 2 is 2.17 bits per heavy atom. The largest absolute Gasteiger partial charge is 0.336 e. The van der Waals surface area contributed by atoms with Gasteiger partial charge in [-0.2, -0.15) is 10.2 Å². The number of nitrogens with zero attached hydrogens (tertiary/aromatic N) is 4. The lowest BCUT2D eigenvalue weighted by molar-refractivity contribution is 0.0782. The van der Waals surface area contributed by atoms with Gasteiger partial charge in [0.15, 0.2) is 0 Å². The minimum absolute atomic E-state index is 0.0115. The number of aromatic amines is 1. The summed E-state index contributed by atoms with van der Waals surface area (Å²) in [6, 6.07) is 0. The van der Waals surface area contributed by atoms with Gasteiger partial charge in [-0.1, -0.05) is 6.92 Å². The van der Waals surface area contributed by atoms with Crippen molar-refractivity contribution in [3.8, 4) is 0 Å². The van der Waals surface area contributed by atoms with Gasteiger partial charge in [-0.05, 0) is 44.6 Å². The monoisotopic (exact) mass is 315 g/mol. The van der Waals surface area contributed by atoms with Gasteiger partial charge in [0.1, 0.15) is 0 Å². The second-order valence-electron chi connectivity index (χ2n) is 6.39. The van der Waals surface area contributed by atoms with Crippen molar-refractivity contribution in [3.05, 3.63) is 34.4 Å². The highest BCUT2D eigenvalue weighted by molar-refractivity contribution is 5.94. The van der Waals surface area contributed by atoms with Crippen molar-refractivity contribution in [1.82, 2.24) is 24.9 Å². The highest BCUT2D eigenvalue weighted by Gasteiger charge is 2.22. The van der Waals surface area contributed by atoms with E-state index < -0.39 is 0 Å². The molecule has 2 aromatic rings. The standard InChI is InChI=1S/C17H25N5O/c1-4-9-22-10-14(12(2)20-22)17(23)21(3)11-16-13-7-5-6-8-15(13)18-19-16/h10H,4-9,11H2,1-3H3,(H,18,19). The van der Waals surface area contributed by atoms with Crippen molar-refractivity contribution < 1.29 is 4.79 Å². The van der Waals surface area contributed by atoms with E-state index in [1.807, 2.05) is 24.9 Å². The van der Waals surface area contributed by atoms with Crippen molar-refractivity contribution in [1.29, 1.82) is 0 Å². The molecule has 3 rings (SSSR count). The van der Waals surface area contributed by atoms with Gasteiger partial charge in [-0.15, -0.1) is 0 Å². The summed E-state index contributed by atoms with van der Waals surface area (Å²) < 4.78 is 1.85. The van der Waals surface area contributed by atoms with Crippen molar-refractivity contribution in [3.63, 3.8) is 0 Å². The van der Waals surface area contributed by atoms with Crippen molar-refractivity contribution in [2.45, 2.75) is 59.0 Å². The lowest BCUT2D eigenvalue weighted by Gasteiger charge is -2.17. The summed E-state index contributed by atoms with van der Waals surface area (Å²) in [5.41, 5.74) is 5.05. The Morgan fingerprint density at radius 3 is 2.96 bits per heavy atom. The van der Waals surface area contributed by atoms with Crippen LogP contribution < -0.4 is 0 Å². The first-order valence-corrected chi connectivity index (χ1v) is 8.44. The predicted octanol–water partition coefficient (Wildman–Crippen LogP) is 2.48. The number of hydrogen-bond acceptors (Lipinski definition) is 3. The van der Waals surface area contributed by atoms with Gasteiger partial charge >= 0.3 is 0 Å². The molecule has 0 unspecified atom stereocenters. The van der Waals surface area contributed by atoms with Crippen LogP contribution in [-0.4, -0.2) is 37.8 Å². The molecule has 1 amide bonds. The van der Waals surface area contributed by atoms with E-state index in [0.29, 0.717) is 12.1 Å². The molecular weight excluding hydrogens is 290 g/mol. The Bertz CT molecular complexity index is 700. The van der Waals surface area contributed by atoms with Crippen LogP contribution in [0.5, 0.6) is 0 Å². The molecule has 124 valence electrons. The Kier molecular flexibility index (Phi) is 4.50. The lowest BCUT2D eigenvalue weighted by Crippen LogP contribution is -2.27. The van der Waals surface area contributed by atoms with E-state index in [9.17, 15) is 4.79 Å². The Morgan fingerprint density at radius 1 is 1.39 bits per heavy atom. The van der Waals surface area contributed by atoms with E-state index in [1.54, 1.807) is 4.90 Å². The van der Waals surface area contributed by atoms with E-state index in [1.165, 1.54) is 24.1 Å². The number of rotatable bonds is 5. The molecule has 23 heavy (non-hydrogen) atoms. The molecule has 6 nitrogen and oxygen atoms in total. The molecule has 0 spiro atoms. The van der Waals surface area contributed by atoms with Gasteiger partial charge in [-0.25, -0.2) is 0 Å². The fourth-order valence-electron chi connectivity index (χ4n) is 3.25. The van der Waals surface area contributed by atoms with E-state index >= 15 is 0 Å². The molecule has 2 heterocycles. The molecule has 1 N–H and O–H groups in total. The van der Waals surface area contributed by atoms with Crippen LogP contribution in [-0.2, 0) is 25.9 Å². The van der Waals surface area contributed by atoms with Crippen molar-refractivity contribution in [2.75, 3.05) is 7.05 Å². The van der Waals surface area contributed by atoms with Crippen LogP contribution in [0.1, 0.15) is 59.2 Å². The third-order valence-electron chi connectivity index (χ3n) is 4.51. The number of carbonyl (C=O) groups excluding carboxylic acids is 1. The first-order valence-electron chi connectivity index (χ1n) is 8.44. The topological polar surface area (TPSA) is 66.8 Å². The van der Waals surface area contributed by atoms with Gasteiger partial charge < -0.3 is 4.90 Å². The SMILES string of the molecule is CCCn1cc(C(=O)N(C)Cc2n[nH]c3c2CCCC3)c(C)n1. The first kappa shape index (κ1) is 15.8. The zero-order chi connectivity index (χ0) is 16.4. The molecule has 6 heteroatoms. The van der Waals surface area contributed by atoms with Crippen LogP contribution in [0.4, 0.5) is 0 Å². The fourth-order valence-corrected chi connectivity index (χ4v) is 3.25. The summed E-state index contributed by atoms with van der Waals surface area (Å²) in [5, 5.41) is 12.0. The summed E-state index contributed by atoms with van der Waals surface area (Å²) in [4.78, 5) is 14.5. The number of nitrogens with one attached hydrogen (secondary N) is 1. The summed E-state index contributed by atoms with van der Waals surface area (Å²) in [7, 11) is 1.84. The molecule has 0 atom stereocenters. The molecule has 0 saturated carbocycles. The number of carbonyl (C=O) groups is 1.